The summed E-state index contributed by atoms with van der Waals surface area (Å²) in [6.07, 6.45) is 6.21. The van der Waals surface area contributed by atoms with Crippen LogP contribution < -0.4 is 10.1 Å². The summed E-state index contributed by atoms with van der Waals surface area (Å²) >= 11 is 0. The predicted molar refractivity (Wildman–Crippen MR) is 74.3 cm³/mol. The summed E-state index contributed by atoms with van der Waals surface area (Å²) in [5.74, 6) is 1.99. The number of fused-ring (bicyclic) bond motifs is 1. The molecule has 2 heteroatoms. The standard InChI is InChI=1S/C16H23NO/c1-12-8-14-5-3-7-18-16(14)15(9-12)10-13-4-2-6-17-11-13/h8-9,13,17H,2-7,10-11H2,1H3. The molecule has 3 rings (SSSR count). The first-order chi connectivity index (χ1) is 8.83. The molecule has 0 aromatic heterocycles. The fraction of sp³-hybridized carbons (Fsp3) is 0.625. The molecule has 1 aromatic carbocycles. The zero-order chi connectivity index (χ0) is 12.4. The Balaban J connectivity index is 1.83. The zero-order valence-corrected chi connectivity index (χ0v) is 11.3. The quantitative estimate of drug-likeness (QED) is 0.865. The van der Waals surface area contributed by atoms with Crippen LogP contribution in [-0.2, 0) is 12.8 Å². The van der Waals surface area contributed by atoms with Crippen molar-refractivity contribution in [1.29, 1.82) is 0 Å². The highest BCUT2D eigenvalue weighted by molar-refractivity contribution is 5.45. The highest BCUT2D eigenvalue weighted by Gasteiger charge is 2.19. The van der Waals surface area contributed by atoms with Gasteiger partial charge in [-0.15, -0.1) is 0 Å². The van der Waals surface area contributed by atoms with Crippen molar-refractivity contribution in [3.63, 3.8) is 0 Å². The van der Waals surface area contributed by atoms with Crippen molar-refractivity contribution in [3.05, 3.63) is 28.8 Å². The largest absolute Gasteiger partial charge is 0.493 e. The smallest absolute Gasteiger partial charge is 0.125 e. The van der Waals surface area contributed by atoms with Crippen LogP contribution in [-0.4, -0.2) is 19.7 Å². The maximum Gasteiger partial charge on any atom is 0.125 e. The number of piperidine rings is 1. The van der Waals surface area contributed by atoms with Crippen LogP contribution >= 0.6 is 0 Å². The molecule has 1 atom stereocenters. The van der Waals surface area contributed by atoms with E-state index in [0.717, 1.165) is 12.5 Å². The Labute approximate surface area is 110 Å². The molecule has 0 bridgehead atoms. The van der Waals surface area contributed by atoms with Crippen LogP contribution in [0.3, 0.4) is 0 Å². The van der Waals surface area contributed by atoms with Crippen molar-refractivity contribution in [2.24, 2.45) is 5.92 Å². The average Bonchev–Trinajstić information content (AvgIpc) is 2.40. The number of hydrogen-bond acceptors (Lipinski definition) is 2. The maximum absolute atomic E-state index is 5.93. The lowest BCUT2D eigenvalue weighted by molar-refractivity contribution is 0.281. The van der Waals surface area contributed by atoms with Crippen LogP contribution in [0.15, 0.2) is 12.1 Å². The molecule has 18 heavy (non-hydrogen) atoms. The number of aryl methyl sites for hydroxylation is 2. The first kappa shape index (κ1) is 12.0. The summed E-state index contributed by atoms with van der Waals surface area (Å²) in [5, 5.41) is 3.51. The zero-order valence-electron chi connectivity index (χ0n) is 11.3. The third-order valence-electron chi connectivity index (χ3n) is 4.13. The minimum atomic E-state index is 0.787. The Kier molecular flexibility index (Phi) is 3.55. The van der Waals surface area contributed by atoms with E-state index in [1.807, 2.05) is 0 Å². The Morgan fingerprint density at radius 1 is 1.33 bits per heavy atom. The Morgan fingerprint density at radius 2 is 2.28 bits per heavy atom. The Bertz CT molecular complexity index is 421. The molecule has 1 N–H and O–H groups in total. The number of rotatable bonds is 2. The van der Waals surface area contributed by atoms with E-state index in [4.69, 9.17) is 4.74 Å². The van der Waals surface area contributed by atoms with Gasteiger partial charge in [0.25, 0.3) is 0 Å². The van der Waals surface area contributed by atoms with E-state index < -0.39 is 0 Å². The monoisotopic (exact) mass is 245 g/mol. The van der Waals surface area contributed by atoms with Gasteiger partial charge in [0.2, 0.25) is 0 Å². The molecule has 1 saturated heterocycles. The van der Waals surface area contributed by atoms with Gasteiger partial charge in [0.15, 0.2) is 0 Å². The van der Waals surface area contributed by atoms with E-state index in [2.05, 4.69) is 24.4 Å². The summed E-state index contributed by atoms with van der Waals surface area (Å²) in [4.78, 5) is 0. The van der Waals surface area contributed by atoms with Crippen molar-refractivity contribution in [3.8, 4) is 5.75 Å². The van der Waals surface area contributed by atoms with Gasteiger partial charge in [-0.2, -0.15) is 0 Å². The number of hydrogen-bond donors (Lipinski definition) is 1. The second-order valence-corrected chi connectivity index (χ2v) is 5.78. The Morgan fingerprint density at radius 3 is 3.11 bits per heavy atom. The topological polar surface area (TPSA) is 21.3 Å². The summed E-state index contributed by atoms with van der Waals surface area (Å²) < 4.78 is 5.93. The second-order valence-electron chi connectivity index (χ2n) is 5.78. The highest BCUT2D eigenvalue weighted by Crippen LogP contribution is 2.32. The summed E-state index contributed by atoms with van der Waals surface area (Å²) in [6, 6.07) is 4.63. The molecule has 0 aliphatic carbocycles. The third kappa shape index (κ3) is 2.54. The van der Waals surface area contributed by atoms with Gasteiger partial charge in [-0.1, -0.05) is 17.7 Å². The SMILES string of the molecule is Cc1cc2c(c(CC3CCCNC3)c1)OCCC2. The molecular formula is C16H23NO. The summed E-state index contributed by atoms with van der Waals surface area (Å²) in [5.41, 5.74) is 4.26. The van der Waals surface area contributed by atoms with E-state index in [1.165, 1.54) is 67.6 Å². The van der Waals surface area contributed by atoms with Crippen LogP contribution in [0.1, 0.15) is 36.0 Å². The van der Waals surface area contributed by atoms with Crippen LogP contribution in [0.4, 0.5) is 0 Å². The molecule has 0 radical (unpaired) electrons. The minimum absolute atomic E-state index is 0.787. The molecule has 0 spiro atoms. The van der Waals surface area contributed by atoms with Crippen LogP contribution in [0.25, 0.3) is 0 Å². The molecule has 2 nitrogen and oxygen atoms in total. The van der Waals surface area contributed by atoms with Crippen molar-refractivity contribution < 1.29 is 4.74 Å². The third-order valence-corrected chi connectivity index (χ3v) is 4.13. The maximum atomic E-state index is 5.93. The summed E-state index contributed by atoms with van der Waals surface area (Å²) in [6.45, 7) is 5.46. The second kappa shape index (κ2) is 5.31. The van der Waals surface area contributed by atoms with Crippen LogP contribution in [0, 0.1) is 12.8 Å². The van der Waals surface area contributed by atoms with Gasteiger partial charge >= 0.3 is 0 Å². The van der Waals surface area contributed by atoms with E-state index in [0.29, 0.717) is 0 Å². The molecular weight excluding hydrogens is 222 g/mol. The molecule has 2 heterocycles. The van der Waals surface area contributed by atoms with Gasteiger partial charge in [-0.3, -0.25) is 0 Å². The minimum Gasteiger partial charge on any atom is -0.493 e. The van der Waals surface area contributed by atoms with Crippen molar-refractivity contribution in [2.75, 3.05) is 19.7 Å². The molecule has 1 aromatic rings. The number of nitrogens with one attached hydrogen (secondary N) is 1. The van der Waals surface area contributed by atoms with E-state index in [1.54, 1.807) is 0 Å². The molecule has 2 aliphatic rings. The number of ether oxygens (including phenoxy) is 1. The first-order valence-electron chi connectivity index (χ1n) is 7.29. The van der Waals surface area contributed by atoms with Gasteiger partial charge in [0.1, 0.15) is 5.75 Å². The lowest BCUT2D eigenvalue weighted by atomic mass is 9.89. The van der Waals surface area contributed by atoms with Crippen molar-refractivity contribution in [2.45, 2.75) is 39.0 Å². The lowest BCUT2D eigenvalue weighted by Gasteiger charge is -2.26. The van der Waals surface area contributed by atoms with Crippen molar-refractivity contribution >= 4 is 0 Å². The molecule has 98 valence electrons. The van der Waals surface area contributed by atoms with Crippen LogP contribution in [0.2, 0.25) is 0 Å². The highest BCUT2D eigenvalue weighted by atomic mass is 16.5. The molecule has 0 amide bonds. The van der Waals surface area contributed by atoms with Gasteiger partial charge in [0.05, 0.1) is 6.61 Å². The van der Waals surface area contributed by atoms with Gasteiger partial charge in [-0.05, 0) is 69.2 Å². The van der Waals surface area contributed by atoms with Gasteiger partial charge < -0.3 is 10.1 Å². The Hall–Kier alpha value is -1.02. The first-order valence-corrected chi connectivity index (χ1v) is 7.29. The van der Waals surface area contributed by atoms with Crippen molar-refractivity contribution in [1.82, 2.24) is 5.32 Å². The van der Waals surface area contributed by atoms with Crippen LogP contribution in [0.5, 0.6) is 5.75 Å². The normalized spacial score (nSPS) is 23.3. The predicted octanol–water partition coefficient (Wildman–Crippen LogP) is 2.86. The molecule has 1 fully saturated rings. The summed E-state index contributed by atoms with van der Waals surface area (Å²) in [7, 11) is 0. The van der Waals surface area contributed by atoms with Gasteiger partial charge in [-0.25, -0.2) is 0 Å². The average molecular weight is 245 g/mol. The number of benzene rings is 1. The fourth-order valence-corrected chi connectivity index (χ4v) is 3.30. The van der Waals surface area contributed by atoms with E-state index in [-0.39, 0.29) is 0 Å². The molecule has 1 unspecified atom stereocenters. The molecule has 0 saturated carbocycles. The fourth-order valence-electron chi connectivity index (χ4n) is 3.30. The van der Waals surface area contributed by atoms with E-state index >= 15 is 0 Å². The van der Waals surface area contributed by atoms with E-state index in [9.17, 15) is 0 Å². The lowest BCUT2D eigenvalue weighted by Crippen LogP contribution is -2.31. The van der Waals surface area contributed by atoms with Gasteiger partial charge in [0, 0.05) is 0 Å². The molecule has 2 aliphatic heterocycles.